The number of fused-ring (bicyclic) bond motifs is 3. The third kappa shape index (κ3) is 3.19. The largest absolute Gasteiger partial charge is 0.299 e. The molecule has 5 rings (SSSR count). The molecule has 0 aliphatic carbocycles. The Morgan fingerprint density at radius 3 is 2.52 bits per heavy atom. The van der Waals surface area contributed by atoms with Gasteiger partial charge >= 0.3 is 0 Å². The Kier molecular flexibility index (Phi) is 4.29. The number of aromatic nitrogens is 2. The quantitative estimate of drug-likeness (QED) is 0.702. The Bertz CT molecular complexity index is 954. The summed E-state index contributed by atoms with van der Waals surface area (Å²) in [5.41, 5.74) is 3.30. The lowest BCUT2D eigenvalue weighted by Crippen LogP contribution is -2.34. The normalized spacial score (nSPS) is 21.0. The van der Waals surface area contributed by atoms with Crippen molar-refractivity contribution in [2.75, 3.05) is 13.1 Å². The minimum atomic E-state index is 0.114. The monoisotopic (exact) mass is 359 g/mol. The molecule has 3 aromatic rings. The number of para-hydroxylation sites is 2. The molecule has 3 heterocycles. The Labute approximate surface area is 159 Å². The minimum absolute atomic E-state index is 0.114. The zero-order valence-corrected chi connectivity index (χ0v) is 15.6. The van der Waals surface area contributed by atoms with Gasteiger partial charge in [0.15, 0.2) is 0 Å². The van der Waals surface area contributed by atoms with Crippen LogP contribution in [0.2, 0.25) is 0 Å². The molecular formula is C23H25N3O. The van der Waals surface area contributed by atoms with Crippen molar-refractivity contribution in [3.63, 3.8) is 0 Å². The summed E-state index contributed by atoms with van der Waals surface area (Å²) in [6.45, 7) is 3.30. The van der Waals surface area contributed by atoms with Gasteiger partial charge in [0.25, 0.3) is 0 Å². The maximum atomic E-state index is 13.0. The molecule has 2 aliphatic heterocycles. The smallest absolute Gasteiger partial charge is 0.236 e. The molecule has 2 aliphatic rings. The Hall–Kier alpha value is -2.46. The summed E-state index contributed by atoms with van der Waals surface area (Å²) in [6, 6.07) is 18.7. The fourth-order valence-corrected chi connectivity index (χ4v) is 4.76. The van der Waals surface area contributed by atoms with E-state index in [1.807, 2.05) is 28.8 Å². The third-order valence-electron chi connectivity index (χ3n) is 6.20. The number of nitrogens with zero attached hydrogens (tertiary/aromatic N) is 3. The van der Waals surface area contributed by atoms with Crippen molar-refractivity contribution < 1.29 is 4.79 Å². The number of likely N-dealkylation sites (tertiary alicyclic amines) is 1. The predicted octanol–water partition coefficient (Wildman–Crippen LogP) is 4.15. The van der Waals surface area contributed by atoms with Gasteiger partial charge in [-0.3, -0.25) is 14.3 Å². The van der Waals surface area contributed by atoms with Crippen LogP contribution >= 0.6 is 0 Å². The molecule has 1 aromatic heterocycles. The Morgan fingerprint density at radius 2 is 1.70 bits per heavy atom. The third-order valence-corrected chi connectivity index (χ3v) is 6.20. The SMILES string of the molecule is O=C1C(CC2CCN(Cc3ccccc3)CC2)Cc2nc3ccccc3n21. The molecule has 4 nitrogen and oxygen atoms in total. The number of rotatable bonds is 4. The van der Waals surface area contributed by atoms with Crippen molar-refractivity contribution in [3.05, 3.63) is 66.0 Å². The lowest BCUT2D eigenvalue weighted by atomic mass is 9.86. The molecule has 138 valence electrons. The molecule has 0 saturated carbocycles. The van der Waals surface area contributed by atoms with E-state index in [4.69, 9.17) is 0 Å². The predicted molar refractivity (Wildman–Crippen MR) is 107 cm³/mol. The van der Waals surface area contributed by atoms with Crippen LogP contribution in [0.25, 0.3) is 11.0 Å². The van der Waals surface area contributed by atoms with Gasteiger partial charge in [0.2, 0.25) is 5.91 Å². The van der Waals surface area contributed by atoms with Gasteiger partial charge in [-0.1, -0.05) is 42.5 Å². The first-order chi connectivity index (χ1) is 13.3. The van der Waals surface area contributed by atoms with Gasteiger partial charge < -0.3 is 0 Å². The first kappa shape index (κ1) is 16.7. The van der Waals surface area contributed by atoms with Crippen LogP contribution in [-0.4, -0.2) is 33.4 Å². The highest BCUT2D eigenvalue weighted by Gasteiger charge is 2.35. The zero-order chi connectivity index (χ0) is 18.2. The molecule has 1 fully saturated rings. The second kappa shape index (κ2) is 6.93. The van der Waals surface area contributed by atoms with Gasteiger partial charge in [0.1, 0.15) is 5.82 Å². The van der Waals surface area contributed by atoms with Crippen molar-refractivity contribution in [3.8, 4) is 0 Å². The van der Waals surface area contributed by atoms with Crippen LogP contribution in [-0.2, 0) is 13.0 Å². The average molecular weight is 359 g/mol. The van der Waals surface area contributed by atoms with E-state index in [1.54, 1.807) is 0 Å². The van der Waals surface area contributed by atoms with Crippen LogP contribution in [0.1, 0.15) is 35.4 Å². The number of carbonyl (C=O) groups is 1. The van der Waals surface area contributed by atoms with E-state index in [9.17, 15) is 4.79 Å². The number of benzene rings is 2. The zero-order valence-electron chi connectivity index (χ0n) is 15.6. The molecule has 27 heavy (non-hydrogen) atoms. The van der Waals surface area contributed by atoms with Gasteiger partial charge in [-0.25, -0.2) is 4.98 Å². The molecule has 1 saturated heterocycles. The Balaban J connectivity index is 1.19. The van der Waals surface area contributed by atoms with Crippen LogP contribution in [0, 0.1) is 11.8 Å². The van der Waals surface area contributed by atoms with E-state index in [1.165, 1.54) is 18.4 Å². The van der Waals surface area contributed by atoms with Crippen molar-refractivity contribution in [1.29, 1.82) is 0 Å². The Morgan fingerprint density at radius 1 is 0.963 bits per heavy atom. The summed E-state index contributed by atoms with van der Waals surface area (Å²) in [5.74, 6) is 1.97. The molecule has 2 aromatic carbocycles. The number of imidazole rings is 1. The minimum Gasteiger partial charge on any atom is -0.299 e. The molecule has 4 heteroatoms. The maximum absolute atomic E-state index is 13.0. The summed E-state index contributed by atoms with van der Waals surface area (Å²) in [5, 5.41) is 0. The molecule has 0 spiro atoms. The number of hydrogen-bond acceptors (Lipinski definition) is 3. The lowest BCUT2D eigenvalue weighted by molar-refractivity contribution is 0.0830. The topological polar surface area (TPSA) is 38.1 Å². The van der Waals surface area contributed by atoms with E-state index in [0.29, 0.717) is 5.92 Å². The maximum Gasteiger partial charge on any atom is 0.236 e. The van der Waals surface area contributed by atoms with Gasteiger partial charge in [-0.15, -0.1) is 0 Å². The molecule has 1 atom stereocenters. The van der Waals surface area contributed by atoms with E-state index < -0.39 is 0 Å². The van der Waals surface area contributed by atoms with E-state index in [-0.39, 0.29) is 11.8 Å². The first-order valence-corrected chi connectivity index (χ1v) is 10.0. The number of carbonyl (C=O) groups excluding carboxylic acids is 1. The highest BCUT2D eigenvalue weighted by Crippen LogP contribution is 2.33. The molecule has 0 N–H and O–H groups in total. The van der Waals surface area contributed by atoms with Gasteiger partial charge in [-0.05, 0) is 56.0 Å². The van der Waals surface area contributed by atoms with Crippen LogP contribution in [0.3, 0.4) is 0 Å². The van der Waals surface area contributed by atoms with Crippen molar-refractivity contribution in [2.24, 2.45) is 11.8 Å². The van der Waals surface area contributed by atoms with Crippen molar-refractivity contribution in [2.45, 2.75) is 32.2 Å². The summed E-state index contributed by atoms with van der Waals surface area (Å²) in [4.78, 5) is 20.2. The van der Waals surface area contributed by atoms with E-state index in [0.717, 1.165) is 49.3 Å². The second-order valence-corrected chi connectivity index (χ2v) is 8.03. The van der Waals surface area contributed by atoms with Crippen LogP contribution < -0.4 is 0 Å². The number of hydrogen-bond donors (Lipinski definition) is 0. The van der Waals surface area contributed by atoms with Gasteiger partial charge in [0.05, 0.1) is 11.0 Å². The van der Waals surface area contributed by atoms with Crippen molar-refractivity contribution >= 4 is 16.9 Å². The van der Waals surface area contributed by atoms with Crippen LogP contribution in [0.5, 0.6) is 0 Å². The summed E-state index contributed by atoms with van der Waals surface area (Å²) >= 11 is 0. The van der Waals surface area contributed by atoms with E-state index in [2.05, 4.69) is 40.2 Å². The molecule has 0 bridgehead atoms. The first-order valence-electron chi connectivity index (χ1n) is 10.0. The number of piperidine rings is 1. The van der Waals surface area contributed by atoms with Crippen molar-refractivity contribution in [1.82, 2.24) is 14.5 Å². The standard InChI is InChI=1S/C23H25N3O/c27-23-19(15-22-24-20-8-4-5-9-21(20)26(22)23)14-17-10-12-25(13-11-17)16-18-6-2-1-3-7-18/h1-9,17,19H,10-16H2. The molecular weight excluding hydrogens is 334 g/mol. The second-order valence-electron chi connectivity index (χ2n) is 8.03. The lowest BCUT2D eigenvalue weighted by Gasteiger charge is -2.32. The van der Waals surface area contributed by atoms with Crippen LogP contribution in [0.15, 0.2) is 54.6 Å². The fraction of sp³-hybridized carbons (Fsp3) is 0.391. The molecule has 0 radical (unpaired) electrons. The molecule has 1 unspecified atom stereocenters. The average Bonchev–Trinajstić information content (AvgIpc) is 3.21. The van der Waals surface area contributed by atoms with Crippen LogP contribution in [0.4, 0.5) is 0 Å². The van der Waals surface area contributed by atoms with Gasteiger partial charge in [-0.2, -0.15) is 0 Å². The highest BCUT2D eigenvalue weighted by molar-refractivity contribution is 5.94. The van der Waals surface area contributed by atoms with Gasteiger partial charge in [0, 0.05) is 18.9 Å². The highest BCUT2D eigenvalue weighted by atomic mass is 16.2. The summed E-state index contributed by atoms with van der Waals surface area (Å²) in [6.07, 6.45) is 4.20. The van der Waals surface area contributed by atoms with E-state index >= 15 is 0 Å². The summed E-state index contributed by atoms with van der Waals surface area (Å²) < 4.78 is 1.87. The summed E-state index contributed by atoms with van der Waals surface area (Å²) in [7, 11) is 0. The fourth-order valence-electron chi connectivity index (χ4n) is 4.76. The molecule has 0 amide bonds.